The number of primary amides is 1. The molecule has 118 valence electrons. The van der Waals surface area contributed by atoms with E-state index < -0.39 is 5.54 Å². The van der Waals surface area contributed by atoms with E-state index in [1.54, 1.807) is 11.8 Å². The van der Waals surface area contributed by atoms with E-state index in [2.05, 4.69) is 36.3 Å². The maximum atomic E-state index is 11.6. The first-order chi connectivity index (χ1) is 9.87. The van der Waals surface area contributed by atoms with Gasteiger partial charge in [0, 0.05) is 5.69 Å². The Hall–Kier alpha value is -1.07. The van der Waals surface area contributed by atoms with E-state index in [-0.39, 0.29) is 5.91 Å². The van der Waals surface area contributed by atoms with Crippen LogP contribution in [0.5, 0.6) is 0 Å². The molecule has 0 spiro atoms. The number of aryl methyl sites for hydroxylation is 2. The minimum Gasteiger partial charge on any atom is -0.368 e. The molecule has 0 aliphatic heterocycles. The summed E-state index contributed by atoms with van der Waals surface area (Å²) in [6, 6.07) is 4.17. The van der Waals surface area contributed by atoms with Crippen LogP contribution in [-0.4, -0.2) is 28.7 Å². The summed E-state index contributed by atoms with van der Waals surface area (Å²) in [6.45, 7) is 8.87. The van der Waals surface area contributed by atoms with Gasteiger partial charge in [-0.15, -0.1) is 11.8 Å². The van der Waals surface area contributed by atoms with Crippen molar-refractivity contribution >= 4 is 17.7 Å². The molecule has 3 N–H and O–H groups in total. The molecule has 5 heteroatoms. The van der Waals surface area contributed by atoms with Crippen LogP contribution < -0.4 is 11.1 Å². The number of pyridine rings is 1. The molecule has 1 atom stereocenters. The number of rotatable bonds is 9. The molecule has 1 heterocycles. The van der Waals surface area contributed by atoms with E-state index in [1.807, 2.05) is 13.8 Å². The SMILES string of the molecule is CCCNC(C)(CCCSc1cc(C)cc(C)n1)C(N)=O. The molecule has 0 bridgehead atoms. The fourth-order valence-corrected chi connectivity index (χ4v) is 3.16. The fourth-order valence-electron chi connectivity index (χ4n) is 2.18. The van der Waals surface area contributed by atoms with Gasteiger partial charge in [0.15, 0.2) is 0 Å². The van der Waals surface area contributed by atoms with Crippen molar-refractivity contribution in [3.8, 4) is 0 Å². The molecule has 1 aromatic heterocycles. The molecule has 0 aromatic carbocycles. The highest BCUT2D eigenvalue weighted by atomic mass is 32.2. The smallest absolute Gasteiger partial charge is 0.237 e. The predicted molar refractivity (Wildman–Crippen MR) is 89.6 cm³/mol. The van der Waals surface area contributed by atoms with Gasteiger partial charge in [0.2, 0.25) is 5.91 Å². The largest absolute Gasteiger partial charge is 0.368 e. The molecule has 21 heavy (non-hydrogen) atoms. The highest BCUT2D eigenvalue weighted by Gasteiger charge is 2.29. The van der Waals surface area contributed by atoms with Gasteiger partial charge in [0.25, 0.3) is 0 Å². The van der Waals surface area contributed by atoms with Gasteiger partial charge in [0.05, 0.1) is 10.6 Å². The Kier molecular flexibility index (Phi) is 7.18. The number of carbonyl (C=O) groups is 1. The molecule has 1 amide bonds. The number of nitrogens with two attached hydrogens (primary N) is 1. The number of hydrogen-bond donors (Lipinski definition) is 2. The van der Waals surface area contributed by atoms with Crippen LogP contribution in [0.15, 0.2) is 17.2 Å². The first-order valence-corrected chi connectivity index (χ1v) is 8.49. The summed E-state index contributed by atoms with van der Waals surface area (Å²) in [5.41, 5.74) is 7.20. The first-order valence-electron chi connectivity index (χ1n) is 7.50. The van der Waals surface area contributed by atoms with Crippen LogP contribution in [0.1, 0.15) is 44.4 Å². The van der Waals surface area contributed by atoms with E-state index in [0.717, 1.165) is 42.3 Å². The molecule has 0 aliphatic rings. The van der Waals surface area contributed by atoms with Crippen molar-refractivity contribution in [2.45, 2.75) is 57.5 Å². The molecule has 0 saturated carbocycles. The predicted octanol–water partition coefficient (Wildman–Crippen LogP) is 2.81. The number of aromatic nitrogens is 1. The van der Waals surface area contributed by atoms with E-state index in [1.165, 1.54) is 5.56 Å². The molecular formula is C16H27N3OS. The Morgan fingerprint density at radius 3 is 2.71 bits per heavy atom. The Morgan fingerprint density at radius 2 is 2.14 bits per heavy atom. The summed E-state index contributed by atoms with van der Waals surface area (Å²) < 4.78 is 0. The van der Waals surface area contributed by atoms with Crippen LogP contribution in [-0.2, 0) is 4.79 Å². The van der Waals surface area contributed by atoms with E-state index in [9.17, 15) is 4.79 Å². The molecular weight excluding hydrogens is 282 g/mol. The molecule has 1 aromatic rings. The highest BCUT2D eigenvalue weighted by Crippen LogP contribution is 2.21. The molecule has 1 rings (SSSR count). The van der Waals surface area contributed by atoms with Gasteiger partial charge < -0.3 is 11.1 Å². The minimum absolute atomic E-state index is 0.273. The lowest BCUT2D eigenvalue weighted by atomic mass is 9.95. The number of hydrogen-bond acceptors (Lipinski definition) is 4. The van der Waals surface area contributed by atoms with Crippen molar-refractivity contribution < 1.29 is 4.79 Å². The minimum atomic E-state index is -0.605. The lowest BCUT2D eigenvalue weighted by molar-refractivity contribution is -0.124. The first kappa shape index (κ1) is 18.0. The third-order valence-corrected chi connectivity index (χ3v) is 4.45. The van der Waals surface area contributed by atoms with Crippen LogP contribution in [0.4, 0.5) is 0 Å². The number of carbonyl (C=O) groups excluding carboxylic acids is 1. The van der Waals surface area contributed by atoms with Gasteiger partial charge in [-0.3, -0.25) is 4.79 Å². The fraction of sp³-hybridized carbons (Fsp3) is 0.625. The Morgan fingerprint density at radius 1 is 1.43 bits per heavy atom. The summed E-state index contributed by atoms with van der Waals surface area (Å²) in [5.74, 6) is 0.664. The molecule has 0 radical (unpaired) electrons. The Labute approximate surface area is 132 Å². The molecule has 0 saturated heterocycles. The van der Waals surface area contributed by atoms with Crippen molar-refractivity contribution in [2.24, 2.45) is 5.73 Å². The summed E-state index contributed by atoms with van der Waals surface area (Å²) >= 11 is 1.73. The third kappa shape index (κ3) is 6.06. The third-order valence-electron chi connectivity index (χ3n) is 3.45. The second-order valence-electron chi connectivity index (χ2n) is 5.70. The van der Waals surface area contributed by atoms with Crippen molar-refractivity contribution in [3.63, 3.8) is 0 Å². The summed E-state index contributed by atoms with van der Waals surface area (Å²) in [4.78, 5) is 16.1. The highest BCUT2D eigenvalue weighted by molar-refractivity contribution is 7.99. The van der Waals surface area contributed by atoms with Crippen molar-refractivity contribution in [1.82, 2.24) is 10.3 Å². The quantitative estimate of drug-likeness (QED) is 0.544. The lowest BCUT2D eigenvalue weighted by Gasteiger charge is -2.27. The Bertz CT molecular complexity index is 458. The zero-order chi connectivity index (χ0) is 15.9. The summed E-state index contributed by atoms with van der Waals surface area (Å²) in [5, 5.41) is 4.31. The van der Waals surface area contributed by atoms with Crippen LogP contribution in [0.2, 0.25) is 0 Å². The van der Waals surface area contributed by atoms with Gasteiger partial charge in [-0.2, -0.15) is 0 Å². The number of amides is 1. The lowest BCUT2D eigenvalue weighted by Crippen LogP contribution is -2.53. The average Bonchev–Trinajstić information content (AvgIpc) is 2.40. The van der Waals surface area contributed by atoms with Crippen molar-refractivity contribution in [2.75, 3.05) is 12.3 Å². The topological polar surface area (TPSA) is 68.0 Å². The van der Waals surface area contributed by atoms with Gasteiger partial charge >= 0.3 is 0 Å². The molecule has 0 aliphatic carbocycles. The van der Waals surface area contributed by atoms with E-state index in [0.29, 0.717) is 0 Å². The van der Waals surface area contributed by atoms with Crippen molar-refractivity contribution in [1.29, 1.82) is 0 Å². The number of nitrogens with zero attached hydrogens (tertiary/aromatic N) is 1. The molecule has 1 unspecified atom stereocenters. The van der Waals surface area contributed by atoms with Gasteiger partial charge in [-0.05, 0) is 70.0 Å². The van der Waals surface area contributed by atoms with Crippen molar-refractivity contribution in [3.05, 3.63) is 23.4 Å². The maximum absolute atomic E-state index is 11.6. The van der Waals surface area contributed by atoms with E-state index in [4.69, 9.17) is 5.73 Å². The van der Waals surface area contributed by atoms with Gasteiger partial charge in [-0.25, -0.2) is 4.98 Å². The number of thioether (sulfide) groups is 1. The maximum Gasteiger partial charge on any atom is 0.237 e. The molecule has 4 nitrogen and oxygen atoms in total. The van der Waals surface area contributed by atoms with Crippen LogP contribution in [0, 0.1) is 13.8 Å². The normalized spacial score (nSPS) is 13.9. The van der Waals surface area contributed by atoms with Gasteiger partial charge in [-0.1, -0.05) is 6.92 Å². The van der Waals surface area contributed by atoms with E-state index >= 15 is 0 Å². The molecule has 0 fully saturated rings. The van der Waals surface area contributed by atoms with Crippen LogP contribution >= 0.6 is 11.8 Å². The van der Waals surface area contributed by atoms with Crippen LogP contribution in [0.25, 0.3) is 0 Å². The average molecular weight is 309 g/mol. The second-order valence-corrected chi connectivity index (χ2v) is 6.81. The second kappa shape index (κ2) is 8.39. The Balaban J connectivity index is 2.45. The zero-order valence-electron chi connectivity index (χ0n) is 13.5. The zero-order valence-corrected chi connectivity index (χ0v) is 14.3. The summed E-state index contributed by atoms with van der Waals surface area (Å²) in [7, 11) is 0. The monoisotopic (exact) mass is 309 g/mol. The summed E-state index contributed by atoms with van der Waals surface area (Å²) in [6.07, 6.45) is 2.67. The van der Waals surface area contributed by atoms with Gasteiger partial charge in [0.1, 0.15) is 0 Å². The van der Waals surface area contributed by atoms with Crippen LogP contribution in [0.3, 0.4) is 0 Å². The number of nitrogens with one attached hydrogen (secondary N) is 1. The standard InChI is InChI=1S/C16H27N3OS/c1-5-8-18-16(4,15(17)20)7-6-9-21-14-11-12(2)10-13(3)19-14/h10-11,18H,5-9H2,1-4H3,(H2,17,20).